The van der Waals surface area contributed by atoms with Crippen LogP contribution < -0.4 is 0 Å². The molecule has 1 aliphatic carbocycles. The van der Waals surface area contributed by atoms with Gasteiger partial charge in [-0.2, -0.15) is 4.91 Å². The van der Waals surface area contributed by atoms with Crippen LogP contribution in [0.25, 0.3) is 0 Å². The summed E-state index contributed by atoms with van der Waals surface area (Å²) in [5.41, 5.74) is 0. The van der Waals surface area contributed by atoms with Gasteiger partial charge < -0.3 is 0 Å². The molecule has 0 aliphatic heterocycles. The van der Waals surface area contributed by atoms with Crippen LogP contribution in [0, 0.1) is 16.7 Å². The highest BCUT2D eigenvalue weighted by atomic mass is 16.3. The number of nitrogens with zero attached hydrogens (tertiary/aromatic N) is 1. The highest BCUT2D eigenvalue weighted by Gasteiger charge is 2.34. The molecule has 2 heteroatoms. The first-order valence-electron chi connectivity index (χ1n) is 3.17. The third kappa shape index (κ3) is 1.05. The van der Waals surface area contributed by atoms with Crippen LogP contribution in [0.5, 0.6) is 0 Å². The van der Waals surface area contributed by atoms with Crippen molar-refractivity contribution in [3.8, 4) is 0 Å². The third-order valence-electron chi connectivity index (χ3n) is 1.90. The van der Waals surface area contributed by atoms with Gasteiger partial charge in [0.25, 0.3) is 0 Å². The fourth-order valence-corrected chi connectivity index (χ4v) is 1.13. The molecule has 8 heavy (non-hydrogen) atoms. The molecule has 0 amide bonds. The van der Waals surface area contributed by atoms with E-state index in [1.165, 1.54) is 12.8 Å². The minimum Gasteiger partial charge on any atom is -0.151 e. The highest BCUT2D eigenvalue weighted by Crippen LogP contribution is 2.40. The van der Waals surface area contributed by atoms with Crippen LogP contribution >= 0.6 is 0 Å². The number of nitroso groups, excluding NO2 is 1. The van der Waals surface area contributed by atoms with Gasteiger partial charge in [0, 0.05) is 0 Å². The van der Waals surface area contributed by atoms with Gasteiger partial charge in [-0.05, 0) is 18.3 Å². The maximum atomic E-state index is 9.67. The summed E-state index contributed by atoms with van der Waals surface area (Å²) in [6.07, 6.45) is 2.46. The van der Waals surface area contributed by atoms with Crippen LogP contribution in [-0.2, 0) is 0 Å². The lowest BCUT2D eigenvalue weighted by molar-refractivity contribution is 0.686. The maximum absolute atomic E-state index is 9.67. The molecule has 46 valence electrons. The SMILES string of the molecule is CCC1CC1CN=O. The van der Waals surface area contributed by atoms with Crippen LogP contribution in [0.4, 0.5) is 0 Å². The van der Waals surface area contributed by atoms with Crippen LogP contribution in [0.1, 0.15) is 19.8 Å². The Labute approximate surface area is 49.3 Å². The standard InChI is InChI=1S/C6H11NO/c1-2-5-3-6(5)4-7-8/h5-6H,2-4H2,1H3. The van der Waals surface area contributed by atoms with Crippen LogP contribution in [0.2, 0.25) is 0 Å². The molecule has 0 saturated heterocycles. The van der Waals surface area contributed by atoms with Crippen molar-refractivity contribution in [1.29, 1.82) is 0 Å². The fourth-order valence-electron chi connectivity index (χ4n) is 1.13. The first-order chi connectivity index (χ1) is 3.88. The second-order valence-electron chi connectivity index (χ2n) is 2.48. The number of hydrogen-bond acceptors (Lipinski definition) is 2. The average Bonchev–Trinajstić information content (AvgIpc) is 2.48. The molecule has 1 fully saturated rings. The summed E-state index contributed by atoms with van der Waals surface area (Å²) in [7, 11) is 0. The lowest BCUT2D eigenvalue weighted by Gasteiger charge is -1.84. The van der Waals surface area contributed by atoms with E-state index in [4.69, 9.17) is 0 Å². The second-order valence-corrected chi connectivity index (χ2v) is 2.48. The van der Waals surface area contributed by atoms with Gasteiger partial charge in [-0.15, -0.1) is 0 Å². The van der Waals surface area contributed by atoms with Crippen molar-refractivity contribution < 1.29 is 0 Å². The molecule has 0 spiro atoms. The summed E-state index contributed by atoms with van der Waals surface area (Å²) in [4.78, 5) is 9.67. The van der Waals surface area contributed by atoms with E-state index in [0.717, 1.165) is 5.92 Å². The number of rotatable bonds is 3. The van der Waals surface area contributed by atoms with Gasteiger partial charge in [-0.25, -0.2) is 0 Å². The van der Waals surface area contributed by atoms with Crippen molar-refractivity contribution in [2.75, 3.05) is 6.54 Å². The van der Waals surface area contributed by atoms with Crippen LogP contribution in [0.15, 0.2) is 5.18 Å². The zero-order valence-corrected chi connectivity index (χ0v) is 5.13. The van der Waals surface area contributed by atoms with E-state index >= 15 is 0 Å². The van der Waals surface area contributed by atoms with E-state index in [2.05, 4.69) is 12.1 Å². The van der Waals surface area contributed by atoms with Gasteiger partial charge in [0.15, 0.2) is 0 Å². The highest BCUT2D eigenvalue weighted by molar-refractivity contribution is 4.86. The average molecular weight is 113 g/mol. The third-order valence-corrected chi connectivity index (χ3v) is 1.90. The Morgan fingerprint density at radius 1 is 1.62 bits per heavy atom. The zero-order chi connectivity index (χ0) is 5.98. The van der Waals surface area contributed by atoms with Crippen molar-refractivity contribution in [2.45, 2.75) is 19.8 Å². The van der Waals surface area contributed by atoms with Gasteiger partial charge in [-0.3, -0.25) is 0 Å². The molecular weight excluding hydrogens is 102 g/mol. The molecule has 0 heterocycles. The fraction of sp³-hybridized carbons (Fsp3) is 1.00. The second kappa shape index (κ2) is 2.25. The van der Waals surface area contributed by atoms with Crippen molar-refractivity contribution >= 4 is 0 Å². The Bertz CT molecular complexity index is 92.5. The zero-order valence-electron chi connectivity index (χ0n) is 5.13. The Morgan fingerprint density at radius 3 is 2.75 bits per heavy atom. The molecule has 0 aromatic heterocycles. The first-order valence-corrected chi connectivity index (χ1v) is 3.17. The minimum absolute atomic E-state index is 0.554. The van der Waals surface area contributed by atoms with Crippen molar-refractivity contribution in [3.05, 3.63) is 4.91 Å². The molecule has 2 nitrogen and oxygen atoms in total. The molecule has 0 aromatic rings. The Hall–Kier alpha value is -0.400. The maximum Gasteiger partial charge on any atom is 0.0842 e. The summed E-state index contributed by atoms with van der Waals surface area (Å²) in [5, 5.41) is 2.85. The molecule has 2 atom stereocenters. The quantitative estimate of drug-likeness (QED) is 0.513. The predicted molar refractivity (Wildman–Crippen MR) is 32.5 cm³/mol. The van der Waals surface area contributed by atoms with E-state index in [-0.39, 0.29) is 0 Å². The van der Waals surface area contributed by atoms with Gasteiger partial charge in [-0.1, -0.05) is 18.5 Å². The topological polar surface area (TPSA) is 29.4 Å². The van der Waals surface area contributed by atoms with Crippen molar-refractivity contribution in [3.63, 3.8) is 0 Å². The van der Waals surface area contributed by atoms with Crippen LogP contribution in [-0.4, -0.2) is 6.54 Å². The van der Waals surface area contributed by atoms with Crippen molar-refractivity contribution in [1.82, 2.24) is 0 Å². The molecule has 1 saturated carbocycles. The molecule has 1 rings (SSSR count). The molecular formula is C6H11NO. The van der Waals surface area contributed by atoms with E-state index in [9.17, 15) is 4.91 Å². The monoisotopic (exact) mass is 113 g/mol. The molecule has 0 bridgehead atoms. The Balaban J connectivity index is 2.07. The molecule has 0 radical (unpaired) electrons. The normalized spacial score (nSPS) is 34.6. The summed E-state index contributed by atoms with van der Waals surface area (Å²) in [6.45, 7) is 2.72. The van der Waals surface area contributed by atoms with Crippen LogP contribution in [0.3, 0.4) is 0 Å². The minimum atomic E-state index is 0.554. The smallest absolute Gasteiger partial charge is 0.0842 e. The lowest BCUT2D eigenvalue weighted by Crippen LogP contribution is -1.83. The van der Waals surface area contributed by atoms with Gasteiger partial charge in [0.05, 0.1) is 6.54 Å². The van der Waals surface area contributed by atoms with Gasteiger partial charge >= 0.3 is 0 Å². The molecule has 0 N–H and O–H groups in total. The van der Waals surface area contributed by atoms with Crippen molar-refractivity contribution in [2.24, 2.45) is 17.0 Å². The van der Waals surface area contributed by atoms with E-state index in [1.54, 1.807) is 0 Å². The Kier molecular flexibility index (Phi) is 1.61. The predicted octanol–water partition coefficient (Wildman–Crippen LogP) is 1.80. The van der Waals surface area contributed by atoms with E-state index in [0.29, 0.717) is 12.5 Å². The first kappa shape index (κ1) is 5.73. The molecule has 2 unspecified atom stereocenters. The van der Waals surface area contributed by atoms with Gasteiger partial charge in [0.2, 0.25) is 0 Å². The summed E-state index contributed by atoms with van der Waals surface area (Å²) in [5.74, 6) is 1.48. The lowest BCUT2D eigenvalue weighted by atomic mass is 10.2. The molecule has 0 aromatic carbocycles. The van der Waals surface area contributed by atoms with E-state index in [1.807, 2.05) is 0 Å². The molecule has 1 aliphatic rings. The number of hydrogen-bond donors (Lipinski definition) is 0. The summed E-state index contributed by atoms with van der Waals surface area (Å²) >= 11 is 0. The summed E-state index contributed by atoms with van der Waals surface area (Å²) in [6, 6.07) is 0. The van der Waals surface area contributed by atoms with E-state index < -0.39 is 0 Å². The largest absolute Gasteiger partial charge is 0.151 e. The summed E-state index contributed by atoms with van der Waals surface area (Å²) < 4.78 is 0. The Morgan fingerprint density at radius 2 is 2.38 bits per heavy atom. The van der Waals surface area contributed by atoms with Gasteiger partial charge in [0.1, 0.15) is 0 Å².